The zero-order valence-electron chi connectivity index (χ0n) is 10.9. The van der Waals surface area contributed by atoms with Gasteiger partial charge >= 0.3 is 0 Å². The Morgan fingerprint density at radius 2 is 2.06 bits per heavy atom. The number of carbonyl (C=O) groups excluding carboxylic acids is 1. The number of nitrogen functional groups attached to an aromatic ring is 1. The van der Waals surface area contributed by atoms with Gasteiger partial charge in [0.05, 0.1) is 5.69 Å². The largest absolute Gasteiger partial charge is 0.375 e. The summed E-state index contributed by atoms with van der Waals surface area (Å²) in [4.78, 5) is 16.7. The minimum atomic E-state index is -0.0592. The van der Waals surface area contributed by atoms with E-state index in [0.717, 1.165) is 12.8 Å². The normalized spacial score (nSPS) is 12.8. The summed E-state index contributed by atoms with van der Waals surface area (Å²) in [5, 5.41) is 3.48. The van der Waals surface area contributed by atoms with Crippen molar-refractivity contribution >= 4 is 22.4 Å². The average Bonchev–Trinajstić information content (AvgIpc) is 2.59. The molecule has 0 bridgehead atoms. The molecule has 17 heavy (non-hydrogen) atoms. The van der Waals surface area contributed by atoms with Crippen molar-refractivity contribution in [3.05, 3.63) is 10.6 Å². The van der Waals surface area contributed by atoms with Crippen molar-refractivity contribution in [1.82, 2.24) is 10.3 Å². The molecule has 0 saturated carbocycles. The maximum absolute atomic E-state index is 12.0. The monoisotopic (exact) mass is 255 g/mol. The first-order valence-corrected chi connectivity index (χ1v) is 6.84. The fourth-order valence-electron chi connectivity index (χ4n) is 2.01. The minimum absolute atomic E-state index is 0.0592. The van der Waals surface area contributed by atoms with E-state index in [4.69, 9.17) is 5.73 Å². The van der Waals surface area contributed by atoms with Crippen LogP contribution >= 0.6 is 11.3 Å². The lowest BCUT2D eigenvalue weighted by Gasteiger charge is -2.22. The van der Waals surface area contributed by atoms with Crippen LogP contribution in [-0.4, -0.2) is 16.9 Å². The number of carbonyl (C=O) groups is 1. The predicted octanol–water partition coefficient (Wildman–Crippen LogP) is 2.59. The highest BCUT2D eigenvalue weighted by molar-refractivity contribution is 7.17. The van der Waals surface area contributed by atoms with Crippen molar-refractivity contribution in [2.24, 2.45) is 5.92 Å². The third-order valence-electron chi connectivity index (χ3n) is 3.13. The van der Waals surface area contributed by atoms with Gasteiger partial charge in [-0.2, -0.15) is 0 Å². The highest BCUT2D eigenvalue weighted by atomic mass is 32.1. The Morgan fingerprint density at radius 3 is 2.47 bits per heavy atom. The number of rotatable bonds is 5. The highest BCUT2D eigenvalue weighted by Crippen LogP contribution is 2.20. The Kier molecular flexibility index (Phi) is 4.93. The van der Waals surface area contributed by atoms with Crippen LogP contribution in [0.25, 0.3) is 0 Å². The van der Waals surface area contributed by atoms with Gasteiger partial charge in [0, 0.05) is 6.04 Å². The van der Waals surface area contributed by atoms with Gasteiger partial charge in [0.2, 0.25) is 0 Å². The van der Waals surface area contributed by atoms with Crippen LogP contribution in [0.2, 0.25) is 0 Å². The number of nitrogens with two attached hydrogens (primary N) is 1. The standard InChI is InChI=1S/C12H21N3OS/c1-5-9(6-2)7(3)14-11(16)10-8(4)15-12(13)17-10/h7,9H,5-6H2,1-4H3,(H2,13,15)(H,14,16). The predicted molar refractivity (Wildman–Crippen MR) is 72.3 cm³/mol. The van der Waals surface area contributed by atoms with E-state index in [0.29, 0.717) is 21.6 Å². The van der Waals surface area contributed by atoms with Gasteiger partial charge in [-0.05, 0) is 19.8 Å². The lowest BCUT2D eigenvalue weighted by Crippen LogP contribution is -2.37. The van der Waals surface area contributed by atoms with Crippen molar-refractivity contribution in [3.8, 4) is 0 Å². The molecular formula is C12H21N3OS. The Morgan fingerprint density at radius 1 is 1.47 bits per heavy atom. The van der Waals surface area contributed by atoms with Gasteiger partial charge in [-0.3, -0.25) is 4.79 Å². The number of thiazole rings is 1. The maximum Gasteiger partial charge on any atom is 0.263 e. The van der Waals surface area contributed by atoms with Gasteiger partial charge in [0.1, 0.15) is 4.88 Å². The third-order valence-corrected chi connectivity index (χ3v) is 4.12. The smallest absolute Gasteiger partial charge is 0.263 e. The molecule has 1 rings (SSSR count). The molecule has 96 valence electrons. The highest BCUT2D eigenvalue weighted by Gasteiger charge is 2.19. The third kappa shape index (κ3) is 3.43. The molecule has 4 nitrogen and oxygen atoms in total. The molecule has 0 saturated heterocycles. The molecule has 1 amide bonds. The summed E-state index contributed by atoms with van der Waals surface area (Å²) in [7, 11) is 0. The van der Waals surface area contributed by atoms with Crippen molar-refractivity contribution in [2.45, 2.75) is 46.6 Å². The first-order chi connectivity index (χ1) is 7.99. The summed E-state index contributed by atoms with van der Waals surface area (Å²) in [6.07, 6.45) is 2.14. The van der Waals surface area contributed by atoms with Gasteiger partial charge in [0.25, 0.3) is 5.91 Å². The average molecular weight is 255 g/mol. The molecular weight excluding hydrogens is 234 g/mol. The number of anilines is 1. The van der Waals surface area contributed by atoms with Crippen LogP contribution in [-0.2, 0) is 0 Å². The molecule has 0 aliphatic rings. The van der Waals surface area contributed by atoms with Crippen LogP contribution in [0.5, 0.6) is 0 Å². The molecule has 0 spiro atoms. The quantitative estimate of drug-likeness (QED) is 0.849. The SMILES string of the molecule is CCC(CC)C(C)NC(=O)c1sc(N)nc1C. The topological polar surface area (TPSA) is 68.0 Å². The van der Waals surface area contributed by atoms with Gasteiger partial charge in [0.15, 0.2) is 5.13 Å². The minimum Gasteiger partial charge on any atom is -0.375 e. The van der Waals surface area contributed by atoms with Gasteiger partial charge < -0.3 is 11.1 Å². The molecule has 5 heteroatoms. The van der Waals surface area contributed by atoms with Crippen molar-refractivity contribution in [1.29, 1.82) is 0 Å². The summed E-state index contributed by atoms with van der Waals surface area (Å²) in [6.45, 7) is 8.15. The second-order valence-electron chi connectivity index (χ2n) is 4.31. The van der Waals surface area contributed by atoms with E-state index in [1.165, 1.54) is 11.3 Å². The number of aromatic nitrogens is 1. The second-order valence-corrected chi connectivity index (χ2v) is 5.34. The van der Waals surface area contributed by atoms with Crippen molar-refractivity contribution < 1.29 is 4.79 Å². The molecule has 1 aromatic rings. The molecule has 1 unspecified atom stereocenters. The number of amides is 1. The molecule has 0 fully saturated rings. The first kappa shape index (κ1) is 14.0. The van der Waals surface area contributed by atoms with Crippen LogP contribution < -0.4 is 11.1 Å². The van der Waals surface area contributed by atoms with Gasteiger partial charge in [-0.1, -0.05) is 38.0 Å². The van der Waals surface area contributed by atoms with Crippen LogP contribution in [0.15, 0.2) is 0 Å². The molecule has 3 N–H and O–H groups in total. The molecule has 0 radical (unpaired) electrons. The van der Waals surface area contributed by atoms with E-state index in [2.05, 4.69) is 31.1 Å². The molecule has 0 aliphatic heterocycles. The Hall–Kier alpha value is -1.10. The fraction of sp³-hybridized carbons (Fsp3) is 0.667. The molecule has 0 aliphatic carbocycles. The van der Waals surface area contributed by atoms with E-state index in [-0.39, 0.29) is 11.9 Å². The summed E-state index contributed by atoms with van der Waals surface area (Å²) < 4.78 is 0. The summed E-state index contributed by atoms with van der Waals surface area (Å²) in [5.74, 6) is 0.459. The number of hydrogen-bond acceptors (Lipinski definition) is 4. The molecule has 1 atom stereocenters. The number of nitrogens with one attached hydrogen (secondary N) is 1. The lowest BCUT2D eigenvalue weighted by atomic mass is 9.95. The second kappa shape index (κ2) is 6.00. The summed E-state index contributed by atoms with van der Waals surface area (Å²) in [5.41, 5.74) is 6.30. The molecule has 0 aromatic carbocycles. The zero-order valence-corrected chi connectivity index (χ0v) is 11.7. The first-order valence-electron chi connectivity index (χ1n) is 6.03. The number of hydrogen-bond donors (Lipinski definition) is 2. The summed E-state index contributed by atoms with van der Waals surface area (Å²) in [6, 6.07) is 0.181. The Labute approximate surface area is 107 Å². The fourth-order valence-corrected chi connectivity index (χ4v) is 2.75. The Bertz CT molecular complexity index is 385. The van der Waals surface area contributed by atoms with Gasteiger partial charge in [-0.15, -0.1) is 0 Å². The van der Waals surface area contributed by atoms with Crippen molar-refractivity contribution in [3.63, 3.8) is 0 Å². The van der Waals surface area contributed by atoms with E-state index in [1.54, 1.807) is 0 Å². The molecule has 1 heterocycles. The van der Waals surface area contributed by atoms with Gasteiger partial charge in [-0.25, -0.2) is 4.98 Å². The van der Waals surface area contributed by atoms with Crippen LogP contribution in [0, 0.1) is 12.8 Å². The number of nitrogens with zero attached hydrogens (tertiary/aromatic N) is 1. The zero-order chi connectivity index (χ0) is 13.0. The van der Waals surface area contributed by atoms with E-state index >= 15 is 0 Å². The van der Waals surface area contributed by atoms with Crippen LogP contribution in [0.3, 0.4) is 0 Å². The Balaban J connectivity index is 2.69. The van der Waals surface area contributed by atoms with Crippen LogP contribution in [0.1, 0.15) is 49.0 Å². The van der Waals surface area contributed by atoms with E-state index in [9.17, 15) is 4.79 Å². The van der Waals surface area contributed by atoms with Crippen LogP contribution in [0.4, 0.5) is 5.13 Å². The molecule has 1 aromatic heterocycles. The van der Waals surface area contributed by atoms with E-state index in [1.807, 2.05) is 6.92 Å². The summed E-state index contributed by atoms with van der Waals surface area (Å²) >= 11 is 1.25. The number of aryl methyl sites for hydroxylation is 1. The maximum atomic E-state index is 12.0. The van der Waals surface area contributed by atoms with Crippen molar-refractivity contribution in [2.75, 3.05) is 5.73 Å². The lowest BCUT2D eigenvalue weighted by molar-refractivity contribution is 0.0928. The van der Waals surface area contributed by atoms with E-state index < -0.39 is 0 Å².